The number of ether oxygens (including phenoxy) is 1. The van der Waals surface area contributed by atoms with Crippen molar-refractivity contribution in [3.8, 4) is 0 Å². The normalized spacial score (nSPS) is 14.3. The summed E-state index contributed by atoms with van der Waals surface area (Å²) in [5, 5.41) is 6.18. The summed E-state index contributed by atoms with van der Waals surface area (Å²) in [6.07, 6.45) is 4.00. The number of methoxy groups -OCH3 is 1. The van der Waals surface area contributed by atoms with Gasteiger partial charge in [0, 0.05) is 51.1 Å². The van der Waals surface area contributed by atoms with E-state index in [1.807, 2.05) is 12.1 Å². The standard InChI is InChI=1S/C17H27N3O2/c1-22-14-4-10-18-11-9-17(21)19-15-5-7-16(8-6-15)20-12-2-3-13-20/h5-8,18H,2-4,9-14H2,1H3,(H,19,21). The third kappa shape index (κ3) is 5.66. The molecule has 0 bridgehead atoms. The van der Waals surface area contributed by atoms with Gasteiger partial charge in [-0.2, -0.15) is 0 Å². The Balaban J connectivity index is 1.65. The Morgan fingerprint density at radius 1 is 1.18 bits per heavy atom. The highest BCUT2D eigenvalue weighted by Crippen LogP contribution is 2.21. The number of rotatable bonds is 9. The van der Waals surface area contributed by atoms with Crippen LogP contribution in [0, 0.1) is 0 Å². The van der Waals surface area contributed by atoms with Gasteiger partial charge in [-0.05, 0) is 50.1 Å². The topological polar surface area (TPSA) is 53.6 Å². The van der Waals surface area contributed by atoms with Crippen LogP contribution in [-0.4, -0.2) is 45.8 Å². The minimum atomic E-state index is 0.0492. The largest absolute Gasteiger partial charge is 0.385 e. The van der Waals surface area contributed by atoms with Crippen LogP contribution in [0.25, 0.3) is 0 Å². The van der Waals surface area contributed by atoms with Gasteiger partial charge in [0.05, 0.1) is 0 Å². The van der Waals surface area contributed by atoms with Crippen LogP contribution in [0.1, 0.15) is 25.7 Å². The van der Waals surface area contributed by atoms with Crippen molar-refractivity contribution in [2.24, 2.45) is 0 Å². The fourth-order valence-corrected chi connectivity index (χ4v) is 2.62. The zero-order chi connectivity index (χ0) is 15.6. The molecule has 1 aromatic carbocycles. The van der Waals surface area contributed by atoms with Crippen molar-refractivity contribution in [2.45, 2.75) is 25.7 Å². The van der Waals surface area contributed by atoms with Crippen LogP contribution >= 0.6 is 0 Å². The average Bonchev–Trinajstić information content (AvgIpc) is 3.06. The summed E-state index contributed by atoms with van der Waals surface area (Å²) in [5.74, 6) is 0.0492. The molecule has 1 aliphatic rings. The molecule has 1 amide bonds. The van der Waals surface area contributed by atoms with Crippen LogP contribution in [0.15, 0.2) is 24.3 Å². The highest BCUT2D eigenvalue weighted by Gasteiger charge is 2.12. The monoisotopic (exact) mass is 305 g/mol. The third-order valence-electron chi connectivity index (χ3n) is 3.85. The van der Waals surface area contributed by atoms with Crippen molar-refractivity contribution in [3.63, 3.8) is 0 Å². The van der Waals surface area contributed by atoms with E-state index in [9.17, 15) is 4.79 Å². The van der Waals surface area contributed by atoms with Gasteiger partial charge in [0.1, 0.15) is 0 Å². The SMILES string of the molecule is COCCCNCCC(=O)Nc1ccc(N2CCCC2)cc1. The minimum Gasteiger partial charge on any atom is -0.385 e. The van der Waals surface area contributed by atoms with E-state index >= 15 is 0 Å². The van der Waals surface area contributed by atoms with E-state index in [-0.39, 0.29) is 5.91 Å². The van der Waals surface area contributed by atoms with Gasteiger partial charge in [-0.25, -0.2) is 0 Å². The van der Waals surface area contributed by atoms with E-state index in [1.54, 1.807) is 7.11 Å². The Hall–Kier alpha value is -1.59. The molecule has 1 aromatic rings. The van der Waals surface area contributed by atoms with Gasteiger partial charge < -0.3 is 20.3 Å². The van der Waals surface area contributed by atoms with E-state index in [4.69, 9.17) is 4.74 Å². The second-order valence-electron chi connectivity index (χ2n) is 5.64. The van der Waals surface area contributed by atoms with Gasteiger partial charge >= 0.3 is 0 Å². The fourth-order valence-electron chi connectivity index (χ4n) is 2.62. The van der Waals surface area contributed by atoms with E-state index in [0.29, 0.717) is 13.0 Å². The van der Waals surface area contributed by atoms with Crippen LogP contribution in [-0.2, 0) is 9.53 Å². The first-order valence-corrected chi connectivity index (χ1v) is 8.14. The second kappa shape index (κ2) is 9.43. The highest BCUT2D eigenvalue weighted by atomic mass is 16.5. The number of nitrogens with one attached hydrogen (secondary N) is 2. The summed E-state index contributed by atoms with van der Waals surface area (Å²) in [6, 6.07) is 8.14. The molecule has 5 nitrogen and oxygen atoms in total. The molecule has 0 unspecified atom stereocenters. The van der Waals surface area contributed by atoms with Gasteiger partial charge in [-0.3, -0.25) is 4.79 Å². The highest BCUT2D eigenvalue weighted by molar-refractivity contribution is 5.91. The predicted molar refractivity (Wildman–Crippen MR) is 90.5 cm³/mol. The van der Waals surface area contributed by atoms with Gasteiger partial charge in [-0.15, -0.1) is 0 Å². The molecule has 1 fully saturated rings. The Kier molecular flexibility index (Phi) is 7.19. The summed E-state index contributed by atoms with van der Waals surface area (Å²) >= 11 is 0. The molecule has 0 spiro atoms. The smallest absolute Gasteiger partial charge is 0.225 e. The van der Waals surface area contributed by atoms with Crippen molar-refractivity contribution in [1.29, 1.82) is 0 Å². The molecule has 122 valence electrons. The quantitative estimate of drug-likeness (QED) is 0.687. The van der Waals surface area contributed by atoms with Gasteiger partial charge in [0.2, 0.25) is 5.91 Å². The molecule has 0 aliphatic carbocycles. The van der Waals surface area contributed by atoms with Crippen LogP contribution in [0.3, 0.4) is 0 Å². The summed E-state index contributed by atoms with van der Waals surface area (Å²) in [6.45, 7) is 4.61. The molecular formula is C17H27N3O2. The number of hydrogen-bond acceptors (Lipinski definition) is 4. The van der Waals surface area contributed by atoms with E-state index in [2.05, 4.69) is 27.7 Å². The number of carbonyl (C=O) groups excluding carboxylic acids is 1. The average molecular weight is 305 g/mol. The molecule has 2 N–H and O–H groups in total. The maximum Gasteiger partial charge on any atom is 0.225 e. The molecule has 0 saturated carbocycles. The molecule has 5 heteroatoms. The number of amides is 1. The van der Waals surface area contributed by atoms with Crippen LogP contribution in [0.5, 0.6) is 0 Å². The molecule has 22 heavy (non-hydrogen) atoms. The number of benzene rings is 1. The van der Waals surface area contributed by atoms with E-state index < -0.39 is 0 Å². The maximum absolute atomic E-state index is 11.9. The van der Waals surface area contributed by atoms with Crippen LogP contribution < -0.4 is 15.5 Å². The first-order chi connectivity index (χ1) is 10.8. The fraction of sp³-hybridized carbons (Fsp3) is 0.588. The first-order valence-electron chi connectivity index (χ1n) is 8.14. The van der Waals surface area contributed by atoms with Crippen LogP contribution in [0.2, 0.25) is 0 Å². The summed E-state index contributed by atoms with van der Waals surface area (Å²) in [7, 11) is 1.70. The van der Waals surface area contributed by atoms with Crippen molar-refractivity contribution >= 4 is 17.3 Å². The molecule has 1 aliphatic heterocycles. The molecule has 2 rings (SSSR count). The van der Waals surface area contributed by atoms with Gasteiger partial charge in [-0.1, -0.05) is 0 Å². The molecule has 1 heterocycles. The molecular weight excluding hydrogens is 278 g/mol. The van der Waals surface area contributed by atoms with Crippen molar-refractivity contribution in [1.82, 2.24) is 5.32 Å². The predicted octanol–water partition coefficient (Wildman–Crippen LogP) is 2.24. The van der Waals surface area contributed by atoms with Crippen LogP contribution in [0.4, 0.5) is 11.4 Å². The van der Waals surface area contributed by atoms with Crippen molar-refractivity contribution in [3.05, 3.63) is 24.3 Å². The maximum atomic E-state index is 11.9. The van der Waals surface area contributed by atoms with Crippen molar-refractivity contribution in [2.75, 3.05) is 50.1 Å². The summed E-state index contributed by atoms with van der Waals surface area (Å²) in [4.78, 5) is 14.2. The summed E-state index contributed by atoms with van der Waals surface area (Å²) in [5.41, 5.74) is 2.11. The number of anilines is 2. The number of nitrogens with zero attached hydrogens (tertiary/aromatic N) is 1. The zero-order valence-electron chi connectivity index (χ0n) is 13.4. The Morgan fingerprint density at radius 3 is 2.59 bits per heavy atom. The number of carbonyl (C=O) groups is 1. The molecule has 1 saturated heterocycles. The lowest BCUT2D eigenvalue weighted by molar-refractivity contribution is -0.116. The minimum absolute atomic E-state index is 0.0492. The zero-order valence-corrected chi connectivity index (χ0v) is 13.4. The Bertz CT molecular complexity index is 442. The number of hydrogen-bond donors (Lipinski definition) is 2. The van der Waals surface area contributed by atoms with Gasteiger partial charge in [0.25, 0.3) is 0 Å². The lowest BCUT2D eigenvalue weighted by Crippen LogP contribution is -2.23. The lowest BCUT2D eigenvalue weighted by Gasteiger charge is -2.17. The van der Waals surface area contributed by atoms with Crippen molar-refractivity contribution < 1.29 is 9.53 Å². The lowest BCUT2D eigenvalue weighted by atomic mass is 10.2. The Morgan fingerprint density at radius 2 is 1.91 bits per heavy atom. The summed E-state index contributed by atoms with van der Waals surface area (Å²) < 4.78 is 4.97. The van der Waals surface area contributed by atoms with E-state index in [1.165, 1.54) is 18.5 Å². The second-order valence-corrected chi connectivity index (χ2v) is 5.64. The third-order valence-corrected chi connectivity index (χ3v) is 3.85. The van der Waals surface area contributed by atoms with E-state index in [0.717, 1.165) is 38.3 Å². The molecule has 0 atom stereocenters. The Labute approximate surface area is 133 Å². The first kappa shape index (κ1) is 16.8. The molecule has 0 aromatic heterocycles. The molecule has 0 radical (unpaired) electrons. The van der Waals surface area contributed by atoms with Gasteiger partial charge in [0.15, 0.2) is 0 Å².